The second-order valence-corrected chi connectivity index (χ2v) is 3.20. The van der Waals surface area contributed by atoms with Crippen molar-refractivity contribution in [3.05, 3.63) is 12.0 Å². The SMILES string of the molecule is C=CS(=O)(=O)OS(=O)[O-]. The van der Waals surface area contributed by atoms with Gasteiger partial charge in [-0.2, -0.15) is 12.0 Å². The molecule has 0 rings (SSSR count). The van der Waals surface area contributed by atoms with Gasteiger partial charge in [-0.3, -0.25) is 0 Å². The van der Waals surface area contributed by atoms with E-state index in [1.165, 1.54) is 0 Å². The van der Waals surface area contributed by atoms with Gasteiger partial charge in [-0.1, -0.05) is 6.58 Å². The summed E-state index contributed by atoms with van der Waals surface area (Å²) in [6.07, 6.45) is 0. The van der Waals surface area contributed by atoms with Crippen LogP contribution in [-0.2, 0) is 25.1 Å². The zero-order valence-electron chi connectivity index (χ0n) is 4.14. The van der Waals surface area contributed by atoms with Crippen LogP contribution in [0.3, 0.4) is 0 Å². The lowest BCUT2D eigenvalue weighted by Crippen LogP contribution is -2.03. The predicted molar refractivity (Wildman–Crippen MR) is 29.1 cm³/mol. The highest BCUT2D eigenvalue weighted by molar-refractivity contribution is 7.97. The number of rotatable bonds is 3. The first-order valence-corrected chi connectivity index (χ1v) is 4.12. The summed E-state index contributed by atoms with van der Waals surface area (Å²) in [4.78, 5) is 0. The van der Waals surface area contributed by atoms with Crippen LogP contribution in [0, 0.1) is 0 Å². The Morgan fingerprint density at radius 3 is 2.22 bits per heavy atom. The molecule has 0 radical (unpaired) electrons. The Morgan fingerprint density at radius 1 is 1.67 bits per heavy atom. The Bertz CT molecular complexity index is 213. The standard InChI is InChI=1S/C2H4O5S2/c1-2-9(5,6)7-8(3)4/h2H,1H2,(H,3,4)/p-1. The van der Waals surface area contributed by atoms with Gasteiger partial charge < -0.3 is 4.55 Å². The molecule has 0 saturated heterocycles. The van der Waals surface area contributed by atoms with E-state index in [1.807, 2.05) is 0 Å². The molecule has 5 nitrogen and oxygen atoms in total. The second kappa shape index (κ2) is 3.06. The summed E-state index contributed by atoms with van der Waals surface area (Å²) in [5.41, 5.74) is 0. The van der Waals surface area contributed by atoms with Crippen molar-refractivity contribution in [3.8, 4) is 0 Å². The maximum absolute atomic E-state index is 10.1. The van der Waals surface area contributed by atoms with Gasteiger partial charge in [-0.05, 0) is 0 Å². The molecule has 9 heavy (non-hydrogen) atoms. The minimum absolute atomic E-state index is 0.392. The molecule has 0 heterocycles. The lowest BCUT2D eigenvalue weighted by molar-refractivity contribution is 0.434. The summed E-state index contributed by atoms with van der Waals surface area (Å²) in [5, 5.41) is 0.392. The van der Waals surface area contributed by atoms with E-state index < -0.39 is 21.5 Å². The summed E-state index contributed by atoms with van der Waals surface area (Å²) in [7, 11) is -4.07. The third-order valence-electron chi connectivity index (χ3n) is 0.355. The average molecular weight is 171 g/mol. The molecule has 0 aromatic heterocycles. The Morgan fingerprint density at radius 2 is 2.11 bits per heavy atom. The third-order valence-corrected chi connectivity index (χ3v) is 1.97. The van der Waals surface area contributed by atoms with E-state index in [2.05, 4.69) is 10.2 Å². The molecule has 1 atom stereocenters. The normalized spacial score (nSPS) is 14.8. The molecule has 0 spiro atoms. The van der Waals surface area contributed by atoms with Gasteiger partial charge in [-0.15, -0.1) is 0 Å². The second-order valence-electron chi connectivity index (χ2n) is 0.932. The zero-order chi connectivity index (χ0) is 7.49. The van der Waals surface area contributed by atoms with E-state index in [-0.39, 0.29) is 0 Å². The van der Waals surface area contributed by atoms with Crippen molar-refractivity contribution in [2.45, 2.75) is 0 Å². The van der Waals surface area contributed by atoms with Gasteiger partial charge in [0.2, 0.25) is 0 Å². The molecular weight excluding hydrogens is 168 g/mol. The third kappa shape index (κ3) is 4.28. The summed E-state index contributed by atoms with van der Waals surface area (Å²) < 4.78 is 42.6. The highest BCUT2D eigenvalue weighted by Gasteiger charge is 2.02. The molecule has 0 fully saturated rings. The Kier molecular flexibility index (Phi) is 2.98. The molecular formula is C2H3O5S2-. The van der Waals surface area contributed by atoms with Gasteiger partial charge >= 0.3 is 10.1 Å². The van der Waals surface area contributed by atoms with Crippen molar-refractivity contribution in [3.63, 3.8) is 0 Å². The fourth-order valence-corrected chi connectivity index (χ4v) is 0.947. The number of hydrogen-bond acceptors (Lipinski definition) is 5. The molecule has 0 aromatic rings. The largest absolute Gasteiger partial charge is 0.749 e. The smallest absolute Gasteiger partial charge is 0.301 e. The van der Waals surface area contributed by atoms with Gasteiger partial charge in [0.15, 0.2) is 0 Å². The molecule has 54 valence electrons. The predicted octanol–water partition coefficient (Wildman–Crippen LogP) is -0.730. The van der Waals surface area contributed by atoms with E-state index in [0.29, 0.717) is 5.41 Å². The first-order valence-electron chi connectivity index (χ1n) is 1.64. The van der Waals surface area contributed by atoms with Crippen LogP contribution in [0.4, 0.5) is 0 Å². The maximum Gasteiger partial charge on any atom is 0.301 e. The molecule has 1 unspecified atom stereocenters. The molecule has 0 aliphatic heterocycles. The van der Waals surface area contributed by atoms with Crippen LogP contribution in [-0.4, -0.2) is 17.2 Å². The molecule has 0 bridgehead atoms. The maximum atomic E-state index is 10.1. The van der Waals surface area contributed by atoms with Crippen molar-refractivity contribution in [2.24, 2.45) is 0 Å². The molecule has 0 saturated carbocycles. The van der Waals surface area contributed by atoms with Gasteiger partial charge in [0.05, 0.1) is 5.41 Å². The van der Waals surface area contributed by atoms with Crippen LogP contribution in [0.5, 0.6) is 0 Å². The van der Waals surface area contributed by atoms with Crippen molar-refractivity contribution in [1.29, 1.82) is 0 Å². The first kappa shape index (κ1) is 8.76. The van der Waals surface area contributed by atoms with Gasteiger partial charge in [0, 0.05) is 0 Å². The van der Waals surface area contributed by atoms with Crippen molar-refractivity contribution >= 4 is 21.5 Å². The number of hydrogen-bond donors (Lipinski definition) is 0. The van der Waals surface area contributed by atoms with E-state index in [9.17, 15) is 17.2 Å². The van der Waals surface area contributed by atoms with E-state index >= 15 is 0 Å². The Balaban J connectivity index is 4.23. The highest BCUT2D eigenvalue weighted by atomic mass is 32.3. The minimum Gasteiger partial charge on any atom is -0.749 e. The van der Waals surface area contributed by atoms with E-state index in [0.717, 1.165) is 0 Å². The van der Waals surface area contributed by atoms with Crippen molar-refractivity contribution in [2.75, 3.05) is 0 Å². The summed E-state index contributed by atoms with van der Waals surface area (Å²) in [6.45, 7) is 2.80. The lowest BCUT2D eigenvalue weighted by atomic mass is 11.3. The topological polar surface area (TPSA) is 83.5 Å². The molecule has 0 aliphatic carbocycles. The van der Waals surface area contributed by atoms with Crippen LogP contribution in [0.2, 0.25) is 0 Å². The van der Waals surface area contributed by atoms with Gasteiger partial charge in [0.25, 0.3) is 0 Å². The zero-order valence-corrected chi connectivity index (χ0v) is 5.78. The van der Waals surface area contributed by atoms with Gasteiger partial charge in [-0.25, -0.2) is 4.21 Å². The highest BCUT2D eigenvalue weighted by Crippen LogP contribution is 1.94. The molecule has 7 heteroatoms. The molecule has 0 aromatic carbocycles. The van der Waals surface area contributed by atoms with Crippen LogP contribution < -0.4 is 0 Å². The van der Waals surface area contributed by atoms with Gasteiger partial charge in [0.1, 0.15) is 11.4 Å². The molecule has 0 N–H and O–H groups in total. The van der Waals surface area contributed by atoms with Crippen LogP contribution in [0.15, 0.2) is 12.0 Å². The van der Waals surface area contributed by atoms with Crippen LogP contribution in [0.1, 0.15) is 0 Å². The van der Waals surface area contributed by atoms with Crippen LogP contribution in [0.25, 0.3) is 0 Å². The fourth-order valence-electron chi connectivity index (χ4n) is 0.105. The Hall–Kier alpha value is -0.240. The minimum atomic E-state index is -4.07. The summed E-state index contributed by atoms with van der Waals surface area (Å²) in [6, 6.07) is 0. The first-order chi connectivity index (χ1) is 3.98. The average Bonchev–Trinajstić information content (AvgIpc) is 1.63. The van der Waals surface area contributed by atoms with Crippen molar-refractivity contribution < 1.29 is 20.8 Å². The van der Waals surface area contributed by atoms with E-state index in [1.54, 1.807) is 0 Å². The lowest BCUT2D eigenvalue weighted by Gasteiger charge is -2.00. The van der Waals surface area contributed by atoms with Crippen LogP contribution >= 0.6 is 0 Å². The quantitative estimate of drug-likeness (QED) is 0.523. The Labute approximate surface area is 54.9 Å². The summed E-state index contributed by atoms with van der Waals surface area (Å²) >= 11 is -3.04. The van der Waals surface area contributed by atoms with E-state index in [4.69, 9.17) is 0 Å². The summed E-state index contributed by atoms with van der Waals surface area (Å²) in [5.74, 6) is 0. The monoisotopic (exact) mass is 171 g/mol. The molecule has 0 amide bonds. The van der Waals surface area contributed by atoms with Crippen molar-refractivity contribution in [1.82, 2.24) is 0 Å². The molecule has 0 aliphatic rings. The fraction of sp³-hybridized carbons (Fsp3) is 0.